The highest BCUT2D eigenvalue weighted by atomic mass is 79.9. The lowest BCUT2D eigenvalue weighted by Gasteiger charge is -2.27. The molecule has 0 bridgehead atoms. The van der Waals surface area contributed by atoms with Gasteiger partial charge in [-0.3, -0.25) is 14.4 Å². The second-order valence-electron chi connectivity index (χ2n) is 6.08. The number of halogens is 1. The smallest absolute Gasteiger partial charge is 0.289 e. The highest BCUT2D eigenvalue weighted by Crippen LogP contribution is 2.31. The fraction of sp³-hybridized carbons (Fsp3) is 0.353. The third kappa shape index (κ3) is 3.50. The van der Waals surface area contributed by atoms with Gasteiger partial charge in [-0.15, -0.1) is 0 Å². The number of ether oxygens (including phenoxy) is 1. The molecule has 0 spiro atoms. The van der Waals surface area contributed by atoms with Crippen molar-refractivity contribution < 1.29 is 14.6 Å². The van der Waals surface area contributed by atoms with E-state index >= 15 is 0 Å². The van der Waals surface area contributed by atoms with Gasteiger partial charge in [0.1, 0.15) is 10.2 Å². The lowest BCUT2D eigenvalue weighted by Crippen LogP contribution is -2.40. The van der Waals surface area contributed by atoms with Gasteiger partial charge in [0, 0.05) is 27.2 Å². The van der Waals surface area contributed by atoms with E-state index < -0.39 is 11.1 Å². The van der Waals surface area contributed by atoms with Crippen LogP contribution in [-0.2, 0) is 18.8 Å². The van der Waals surface area contributed by atoms with Crippen LogP contribution in [0.2, 0.25) is 0 Å². The van der Waals surface area contributed by atoms with Gasteiger partial charge in [-0.2, -0.15) is 0 Å². The molecule has 1 fully saturated rings. The summed E-state index contributed by atoms with van der Waals surface area (Å²) >= 11 is 3.13. The first-order valence-corrected chi connectivity index (χ1v) is 9.04. The van der Waals surface area contributed by atoms with Crippen LogP contribution in [0.3, 0.4) is 0 Å². The monoisotopic (exact) mass is 438 g/mol. The minimum Gasteiger partial charge on any atom is -0.505 e. The molecule has 10 heteroatoms. The Morgan fingerprint density at radius 2 is 1.78 bits per heavy atom. The van der Waals surface area contributed by atoms with Crippen LogP contribution in [0.25, 0.3) is 0 Å². The molecule has 1 aromatic carbocycles. The second kappa shape index (κ2) is 7.57. The number of hydrogen-bond acceptors (Lipinski definition) is 6. The Balaban J connectivity index is 1.99. The van der Waals surface area contributed by atoms with Crippen LogP contribution in [0.4, 0.5) is 11.4 Å². The van der Waals surface area contributed by atoms with E-state index in [1.165, 1.54) is 26.2 Å². The summed E-state index contributed by atoms with van der Waals surface area (Å²) in [6.45, 7) is 1.77. The summed E-state index contributed by atoms with van der Waals surface area (Å²) in [7, 11) is 2.93. The third-order valence-electron chi connectivity index (χ3n) is 4.48. The van der Waals surface area contributed by atoms with Gasteiger partial charge in [-0.05, 0) is 28.1 Å². The molecule has 2 heterocycles. The number of para-hydroxylation sites is 1. The van der Waals surface area contributed by atoms with Crippen LogP contribution in [-0.4, -0.2) is 51.6 Å². The number of amides is 1. The summed E-state index contributed by atoms with van der Waals surface area (Å²) in [5.74, 6) is -0.612. The van der Waals surface area contributed by atoms with Crippen molar-refractivity contribution in [3.8, 4) is 5.75 Å². The van der Waals surface area contributed by atoms with E-state index in [0.29, 0.717) is 26.3 Å². The summed E-state index contributed by atoms with van der Waals surface area (Å²) in [5.41, 5.74) is -0.640. The summed E-state index contributed by atoms with van der Waals surface area (Å²) in [6, 6.07) is 4.62. The average Bonchev–Trinajstić information content (AvgIpc) is 2.69. The fourth-order valence-corrected chi connectivity index (χ4v) is 3.30. The normalized spacial score (nSPS) is 14.3. The van der Waals surface area contributed by atoms with E-state index in [1.807, 2.05) is 0 Å². The number of phenols is 1. The molecule has 0 atom stereocenters. The molecule has 144 valence electrons. The lowest BCUT2D eigenvalue weighted by atomic mass is 10.1. The third-order valence-corrected chi connectivity index (χ3v) is 5.22. The van der Waals surface area contributed by atoms with E-state index in [-0.39, 0.29) is 33.1 Å². The molecule has 1 amide bonds. The van der Waals surface area contributed by atoms with Crippen molar-refractivity contribution >= 4 is 33.2 Å². The first-order chi connectivity index (χ1) is 12.8. The van der Waals surface area contributed by atoms with Gasteiger partial charge in [-0.1, -0.05) is 6.07 Å². The highest BCUT2D eigenvalue weighted by molar-refractivity contribution is 9.10. The van der Waals surface area contributed by atoms with Crippen LogP contribution < -0.4 is 16.4 Å². The average molecular weight is 439 g/mol. The molecule has 27 heavy (non-hydrogen) atoms. The molecule has 0 saturated carbocycles. The summed E-state index contributed by atoms with van der Waals surface area (Å²) in [6.07, 6.45) is 0. The zero-order valence-corrected chi connectivity index (χ0v) is 16.4. The number of benzene rings is 1. The van der Waals surface area contributed by atoms with Gasteiger partial charge in [0.25, 0.3) is 17.0 Å². The largest absolute Gasteiger partial charge is 0.505 e. The van der Waals surface area contributed by atoms with Crippen molar-refractivity contribution in [2.75, 3.05) is 31.6 Å². The Kier molecular flexibility index (Phi) is 5.38. The van der Waals surface area contributed by atoms with Crippen LogP contribution in [0.15, 0.2) is 32.3 Å². The molecule has 1 saturated heterocycles. The van der Waals surface area contributed by atoms with E-state index in [1.54, 1.807) is 11.0 Å². The van der Waals surface area contributed by atoms with E-state index in [9.17, 15) is 19.5 Å². The highest BCUT2D eigenvalue weighted by Gasteiger charge is 2.23. The standard InChI is InChI=1S/C17H19BrN4O5/c1-20-16(25)12(18)13(17(26)21(20)2)19-11-5-3-4-10(14(11)23)15(24)22-6-8-27-9-7-22/h3-5,19,23H,6-9H2,1-2H3. The van der Waals surface area contributed by atoms with Gasteiger partial charge >= 0.3 is 0 Å². The number of aromatic nitrogens is 2. The first-order valence-electron chi connectivity index (χ1n) is 8.24. The molecule has 2 aromatic rings. The number of phenolic OH excluding ortho intramolecular Hbond substituents is 1. The maximum atomic E-state index is 12.7. The zero-order valence-electron chi connectivity index (χ0n) is 14.9. The van der Waals surface area contributed by atoms with Crippen LogP contribution in [0.5, 0.6) is 5.75 Å². The molecule has 3 rings (SSSR count). The number of anilines is 2. The van der Waals surface area contributed by atoms with Crippen molar-refractivity contribution in [3.63, 3.8) is 0 Å². The Bertz CT molecular complexity index is 1010. The Morgan fingerprint density at radius 1 is 1.15 bits per heavy atom. The Morgan fingerprint density at radius 3 is 2.44 bits per heavy atom. The number of nitrogens with one attached hydrogen (secondary N) is 1. The Hall–Kier alpha value is -2.59. The Labute approximate surface area is 162 Å². The predicted octanol–water partition coefficient (Wildman–Crippen LogP) is 0.768. The summed E-state index contributed by atoms with van der Waals surface area (Å²) < 4.78 is 7.58. The number of nitrogens with zero attached hydrogens (tertiary/aromatic N) is 3. The van der Waals surface area contributed by atoms with Crippen molar-refractivity contribution in [3.05, 3.63) is 48.9 Å². The molecule has 9 nitrogen and oxygen atoms in total. The van der Waals surface area contributed by atoms with Crippen molar-refractivity contribution in [2.24, 2.45) is 14.1 Å². The van der Waals surface area contributed by atoms with Crippen molar-refractivity contribution in [1.82, 2.24) is 14.3 Å². The molecular formula is C17H19BrN4O5. The quantitative estimate of drug-likeness (QED) is 0.685. The second-order valence-corrected chi connectivity index (χ2v) is 6.87. The van der Waals surface area contributed by atoms with Gasteiger partial charge in [0.05, 0.1) is 24.5 Å². The fourth-order valence-electron chi connectivity index (χ4n) is 2.77. The minimum absolute atomic E-state index is 0.0214. The molecule has 1 aromatic heterocycles. The predicted molar refractivity (Wildman–Crippen MR) is 103 cm³/mol. The van der Waals surface area contributed by atoms with E-state index in [0.717, 1.165) is 9.36 Å². The van der Waals surface area contributed by atoms with Crippen molar-refractivity contribution in [1.29, 1.82) is 0 Å². The SMILES string of the molecule is Cn1c(=O)c(Br)c(Nc2cccc(C(=O)N3CCOCC3)c2O)c(=O)n1C. The number of carbonyl (C=O) groups excluding carboxylic acids is 1. The number of morpholine rings is 1. The topological polar surface area (TPSA) is 106 Å². The number of hydrogen-bond donors (Lipinski definition) is 2. The molecular weight excluding hydrogens is 420 g/mol. The maximum absolute atomic E-state index is 12.7. The van der Waals surface area contributed by atoms with Crippen molar-refractivity contribution in [2.45, 2.75) is 0 Å². The zero-order chi connectivity index (χ0) is 19.7. The van der Waals surface area contributed by atoms with Gasteiger partial charge in [-0.25, -0.2) is 9.36 Å². The van der Waals surface area contributed by atoms with Crippen LogP contribution >= 0.6 is 15.9 Å². The molecule has 0 aliphatic carbocycles. The number of carbonyl (C=O) groups is 1. The summed E-state index contributed by atoms with van der Waals surface area (Å²) in [4.78, 5) is 38.9. The molecule has 0 unspecified atom stereocenters. The number of rotatable bonds is 3. The lowest BCUT2D eigenvalue weighted by molar-refractivity contribution is 0.0301. The maximum Gasteiger partial charge on any atom is 0.289 e. The van der Waals surface area contributed by atoms with Gasteiger partial charge in [0.15, 0.2) is 5.75 Å². The molecule has 2 N–H and O–H groups in total. The minimum atomic E-state index is -0.465. The van der Waals surface area contributed by atoms with E-state index in [4.69, 9.17) is 4.74 Å². The summed E-state index contributed by atoms with van der Waals surface area (Å²) in [5, 5.41) is 13.4. The van der Waals surface area contributed by atoms with Gasteiger partial charge in [0.2, 0.25) is 0 Å². The van der Waals surface area contributed by atoms with Gasteiger partial charge < -0.3 is 20.1 Å². The molecule has 1 aliphatic rings. The van der Waals surface area contributed by atoms with Crippen LogP contribution in [0, 0.1) is 0 Å². The number of aromatic hydroxyl groups is 1. The first kappa shape index (κ1) is 19.2. The van der Waals surface area contributed by atoms with Crippen LogP contribution in [0.1, 0.15) is 10.4 Å². The van der Waals surface area contributed by atoms with E-state index in [2.05, 4.69) is 21.2 Å². The molecule has 1 aliphatic heterocycles. The molecule has 0 radical (unpaired) electrons.